The second-order valence-electron chi connectivity index (χ2n) is 12.8. The van der Waals surface area contributed by atoms with Gasteiger partial charge in [0.15, 0.2) is 0 Å². The van der Waals surface area contributed by atoms with Crippen LogP contribution in [0.2, 0.25) is 0 Å². The molecule has 52 heavy (non-hydrogen) atoms. The summed E-state index contributed by atoms with van der Waals surface area (Å²) in [5.41, 5.74) is -0.508. The molecule has 0 fully saturated rings. The quantitative estimate of drug-likeness (QED) is 0.0622. The van der Waals surface area contributed by atoms with E-state index in [9.17, 15) is 44.0 Å². The van der Waals surface area contributed by atoms with Gasteiger partial charge in [-0.05, 0) is 61.4 Å². The zero-order valence-corrected chi connectivity index (χ0v) is 32.4. The Morgan fingerprint density at radius 2 is 1.10 bits per heavy atom. The predicted molar refractivity (Wildman–Crippen MR) is 197 cm³/mol. The van der Waals surface area contributed by atoms with Crippen LogP contribution in [-0.4, -0.2) is 74.7 Å². The van der Waals surface area contributed by atoms with Gasteiger partial charge in [0.05, 0.1) is 46.6 Å². The maximum Gasteiger partial charge on any atom is 0.143 e. The van der Waals surface area contributed by atoms with Gasteiger partial charge in [0.2, 0.25) is 0 Å². The molecule has 0 saturated heterocycles. The summed E-state index contributed by atoms with van der Waals surface area (Å²) in [4.78, 5) is -2.61. The monoisotopic (exact) mass is 777 g/mol. The van der Waals surface area contributed by atoms with Crippen molar-refractivity contribution in [1.29, 1.82) is 0 Å². The SMILES string of the molecule is CCCC[N+](CCCC)(CCCC)CCCC.O=S(=O)([O-])c1cc(S(=O)(=O)[O-])c2c(N=Nc3ccc(S(=O)(=O)[O-])c4ccccc34)c(O)ccc2c1. The van der Waals surface area contributed by atoms with Crippen molar-refractivity contribution in [2.24, 2.45) is 10.2 Å². The first-order valence-electron chi connectivity index (χ1n) is 17.4. The number of benzene rings is 4. The van der Waals surface area contributed by atoms with Gasteiger partial charge in [-0.15, -0.1) is 10.2 Å². The highest BCUT2D eigenvalue weighted by molar-refractivity contribution is 7.86. The number of phenols is 1. The predicted octanol–water partition coefficient (Wildman–Crippen LogP) is 7.83. The zero-order chi connectivity index (χ0) is 38.7. The van der Waals surface area contributed by atoms with Crippen molar-refractivity contribution >= 4 is 63.3 Å². The molecule has 0 spiro atoms. The van der Waals surface area contributed by atoms with Gasteiger partial charge in [-0.3, -0.25) is 0 Å². The fourth-order valence-electron chi connectivity index (χ4n) is 6.12. The van der Waals surface area contributed by atoms with Crippen LogP contribution in [0.4, 0.5) is 11.4 Å². The Labute approximate surface area is 307 Å². The molecule has 4 aromatic carbocycles. The molecular weight excluding hydrogens is 731 g/mol. The Bertz CT molecular complexity index is 2170. The lowest BCUT2D eigenvalue weighted by Crippen LogP contribution is -2.50. The fourth-order valence-corrected chi connectivity index (χ4v) is 8.15. The van der Waals surface area contributed by atoms with E-state index >= 15 is 0 Å². The number of fused-ring (bicyclic) bond motifs is 2. The summed E-state index contributed by atoms with van der Waals surface area (Å²) >= 11 is 0. The smallest absolute Gasteiger partial charge is 0.143 e. The van der Waals surface area contributed by atoms with E-state index < -0.39 is 61.9 Å². The highest BCUT2D eigenvalue weighted by Crippen LogP contribution is 2.41. The van der Waals surface area contributed by atoms with E-state index in [-0.39, 0.29) is 21.8 Å². The molecule has 0 amide bonds. The maximum absolute atomic E-state index is 11.9. The lowest BCUT2D eigenvalue weighted by Gasteiger charge is -2.39. The molecule has 0 bridgehead atoms. The molecule has 0 heterocycles. The number of hydrogen-bond donors (Lipinski definition) is 1. The molecule has 4 aromatic rings. The van der Waals surface area contributed by atoms with Crippen LogP contribution in [0.25, 0.3) is 21.5 Å². The van der Waals surface area contributed by atoms with Crippen LogP contribution in [0.5, 0.6) is 5.75 Å². The molecule has 1 N–H and O–H groups in total. The van der Waals surface area contributed by atoms with Crippen molar-refractivity contribution in [3.8, 4) is 5.75 Å². The third-order valence-electron chi connectivity index (χ3n) is 8.90. The third kappa shape index (κ3) is 11.2. The van der Waals surface area contributed by atoms with Crippen molar-refractivity contribution in [3.63, 3.8) is 0 Å². The normalized spacial score (nSPS) is 12.8. The summed E-state index contributed by atoms with van der Waals surface area (Å²) in [5.74, 6) is -0.632. The summed E-state index contributed by atoms with van der Waals surface area (Å²) in [6, 6.07) is 11.3. The van der Waals surface area contributed by atoms with Crippen molar-refractivity contribution in [3.05, 3.63) is 60.7 Å². The minimum Gasteiger partial charge on any atom is -0.744 e. The molecule has 0 unspecified atom stereocenters. The van der Waals surface area contributed by atoms with Crippen molar-refractivity contribution in [1.82, 2.24) is 0 Å². The number of hydrogen-bond acceptors (Lipinski definition) is 12. The number of rotatable bonds is 17. The molecule has 0 atom stereocenters. The van der Waals surface area contributed by atoms with Gasteiger partial charge in [-0.2, -0.15) is 0 Å². The first-order valence-corrected chi connectivity index (χ1v) is 21.6. The summed E-state index contributed by atoms with van der Waals surface area (Å²) < 4.78 is 106. The first-order chi connectivity index (χ1) is 24.4. The minimum absolute atomic E-state index is 0.0229. The number of unbranched alkanes of at least 4 members (excludes halogenated alkanes) is 4. The standard InChI is InChI=1S/C20H14N2O10S3.C16H36N/c23-16-7-5-11-9-12(33(24,25)26)10-18(35(30,31)32)19(11)20(16)22-21-15-6-8-17(34(27,28)29)14-4-2-1-3-13(14)15;1-5-9-13-17(14-10-6-2,15-11-7-3)16-12-8-4/h1-10,23H,(H,24,25,26)(H,27,28,29)(H,30,31,32);5-16H2,1-4H3/q;+1/p-3. The Kier molecular flexibility index (Phi) is 15.3. The zero-order valence-electron chi connectivity index (χ0n) is 29.9. The largest absolute Gasteiger partial charge is 0.744 e. The number of nitrogens with zero attached hydrogens (tertiary/aromatic N) is 3. The number of aromatic hydroxyl groups is 1. The molecule has 16 heteroatoms. The lowest BCUT2D eigenvalue weighted by atomic mass is 10.1. The van der Waals surface area contributed by atoms with Gasteiger partial charge in [0, 0.05) is 16.2 Å². The van der Waals surface area contributed by atoms with Gasteiger partial charge >= 0.3 is 0 Å². The van der Waals surface area contributed by atoms with Crippen LogP contribution in [0, 0.1) is 0 Å². The summed E-state index contributed by atoms with van der Waals surface area (Å²) in [6.45, 7) is 15.0. The summed E-state index contributed by atoms with van der Waals surface area (Å²) in [6.07, 6.45) is 11.1. The number of phenolic OH excluding ortho intramolecular Hbond substituents is 1. The molecule has 13 nitrogen and oxygen atoms in total. The second kappa shape index (κ2) is 18.5. The van der Waals surface area contributed by atoms with Crippen molar-refractivity contribution in [2.45, 2.75) is 93.7 Å². The van der Waals surface area contributed by atoms with E-state index in [1.54, 1.807) is 0 Å². The van der Waals surface area contributed by atoms with Crippen LogP contribution in [0.3, 0.4) is 0 Å². The van der Waals surface area contributed by atoms with E-state index in [1.165, 1.54) is 106 Å². The van der Waals surface area contributed by atoms with Crippen LogP contribution in [0.15, 0.2) is 85.6 Å². The third-order valence-corrected chi connectivity index (χ3v) is 11.5. The Hall–Kier alpha value is -3.51. The van der Waals surface area contributed by atoms with Crippen LogP contribution in [-0.2, 0) is 30.4 Å². The highest BCUT2D eigenvalue weighted by Gasteiger charge is 2.25. The Morgan fingerprint density at radius 1 is 0.596 bits per heavy atom. The molecule has 0 radical (unpaired) electrons. The molecule has 0 saturated carbocycles. The molecular formula is C36H47N3O10S3-2. The fraction of sp³-hybridized carbons (Fsp3) is 0.444. The first kappa shape index (κ1) is 42.9. The van der Waals surface area contributed by atoms with Crippen LogP contribution < -0.4 is 0 Å². The minimum atomic E-state index is -5.36. The van der Waals surface area contributed by atoms with E-state index in [1.807, 2.05) is 0 Å². The molecule has 0 aliphatic heterocycles. The van der Waals surface area contributed by atoms with Gasteiger partial charge in [0.25, 0.3) is 0 Å². The average Bonchev–Trinajstić information content (AvgIpc) is 3.09. The van der Waals surface area contributed by atoms with Crippen molar-refractivity contribution in [2.75, 3.05) is 26.2 Å². The average molecular weight is 778 g/mol. The maximum atomic E-state index is 11.9. The van der Waals surface area contributed by atoms with Crippen LogP contribution >= 0.6 is 0 Å². The topological polar surface area (TPSA) is 217 Å². The van der Waals surface area contributed by atoms with E-state index in [0.29, 0.717) is 6.07 Å². The van der Waals surface area contributed by atoms with Crippen LogP contribution in [0.1, 0.15) is 79.1 Å². The highest BCUT2D eigenvalue weighted by atomic mass is 32.2. The van der Waals surface area contributed by atoms with Gasteiger partial charge in [-0.25, -0.2) is 25.3 Å². The lowest BCUT2D eigenvalue weighted by molar-refractivity contribution is -0.929. The van der Waals surface area contributed by atoms with E-state index in [2.05, 4.69) is 37.9 Å². The Balaban J connectivity index is 0.000000363. The molecule has 0 aliphatic carbocycles. The number of azo groups is 1. The second-order valence-corrected chi connectivity index (χ2v) is 16.9. The van der Waals surface area contributed by atoms with E-state index in [0.717, 1.165) is 30.3 Å². The van der Waals surface area contributed by atoms with Crippen molar-refractivity contribution < 1.29 is 48.5 Å². The Morgan fingerprint density at radius 3 is 1.56 bits per heavy atom. The van der Waals surface area contributed by atoms with Gasteiger partial charge in [0.1, 0.15) is 41.8 Å². The summed E-state index contributed by atoms with van der Waals surface area (Å²) in [7, 11) is -15.3. The summed E-state index contributed by atoms with van der Waals surface area (Å²) in [5, 5.41) is 17.6. The molecule has 0 aromatic heterocycles. The number of quaternary nitrogens is 1. The molecule has 4 rings (SSSR count). The molecule has 286 valence electrons. The van der Waals surface area contributed by atoms with Gasteiger partial charge < -0.3 is 23.2 Å². The van der Waals surface area contributed by atoms with Gasteiger partial charge in [-0.1, -0.05) is 83.7 Å². The van der Waals surface area contributed by atoms with E-state index in [4.69, 9.17) is 0 Å². The molecule has 0 aliphatic rings.